The molecule has 17 heavy (non-hydrogen) atoms. The molecule has 0 fully saturated rings. The number of halogens is 1. The summed E-state index contributed by atoms with van der Waals surface area (Å²) in [5.41, 5.74) is 0.401. The van der Waals surface area contributed by atoms with E-state index in [4.69, 9.17) is 16.1 Å². The fourth-order valence-corrected chi connectivity index (χ4v) is 1.66. The first-order chi connectivity index (χ1) is 7.99. The molecule has 0 saturated carbocycles. The van der Waals surface area contributed by atoms with Crippen molar-refractivity contribution in [2.45, 2.75) is 20.4 Å². The molecule has 0 aromatic carbocycles. The number of nitrogens with one attached hydrogen (secondary N) is 1. The summed E-state index contributed by atoms with van der Waals surface area (Å²) >= 11 is 5.66. The maximum absolute atomic E-state index is 11.5. The van der Waals surface area contributed by atoms with E-state index in [2.05, 4.69) is 10.1 Å². The lowest BCUT2D eigenvalue weighted by Gasteiger charge is -2.04. The van der Waals surface area contributed by atoms with Crippen molar-refractivity contribution in [3.8, 4) is 0 Å². The summed E-state index contributed by atoms with van der Waals surface area (Å²) in [5, 5.41) is 3.76. The molecule has 2 aromatic heterocycles. The summed E-state index contributed by atoms with van der Waals surface area (Å²) < 4.78 is 6.29. The van der Waals surface area contributed by atoms with Crippen LogP contribution in [0.25, 0.3) is 0 Å². The number of nitrogens with zero attached hydrogens (tertiary/aromatic N) is 2. The topological polar surface area (TPSA) is 80.9 Å². The molecular weight excluding hydrogens is 246 g/mol. The average molecular weight is 256 g/mol. The summed E-state index contributed by atoms with van der Waals surface area (Å²) in [5.74, 6) is 0.636. The number of rotatable bonds is 2. The maximum atomic E-state index is 11.5. The zero-order valence-electron chi connectivity index (χ0n) is 9.28. The second kappa shape index (κ2) is 4.21. The van der Waals surface area contributed by atoms with E-state index in [0.717, 1.165) is 5.56 Å². The maximum Gasteiger partial charge on any atom is 0.328 e. The van der Waals surface area contributed by atoms with Gasteiger partial charge in [0, 0.05) is 11.8 Å². The van der Waals surface area contributed by atoms with E-state index in [1.165, 1.54) is 10.8 Å². The van der Waals surface area contributed by atoms with E-state index >= 15 is 0 Å². The molecule has 90 valence electrons. The van der Waals surface area contributed by atoms with Gasteiger partial charge < -0.3 is 4.52 Å². The third-order valence-electron chi connectivity index (χ3n) is 2.48. The molecule has 0 saturated heterocycles. The van der Waals surface area contributed by atoms with E-state index in [-0.39, 0.29) is 11.6 Å². The smallest absolute Gasteiger partial charge is 0.328 e. The van der Waals surface area contributed by atoms with Crippen LogP contribution in [0.3, 0.4) is 0 Å². The minimum Gasteiger partial charge on any atom is -0.361 e. The molecule has 0 unspecified atom stereocenters. The van der Waals surface area contributed by atoms with Gasteiger partial charge in [-0.1, -0.05) is 16.8 Å². The normalized spacial score (nSPS) is 10.8. The van der Waals surface area contributed by atoms with Gasteiger partial charge >= 0.3 is 5.69 Å². The first-order valence-electron chi connectivity index (χ1n) is 4.90. The van der Waals surface area contributed by atoms with Crippen molar-refractivity contribution in [2.24, 2.45) is 0 Å². The van der Waals surface area contributed by atoms with Gasteiger partial charge in [-0.2, -0.15) is 0 Å². The molecular formula is C10H10ClN3O3. The van der Waals surface area contributed by atoms with Crippen LogP contribution in [0, 0.1) is 13.8 Å². The Morgan fingerprint density at radius 2 is 2.18 bits per heavy atom. The van der Waals surface area contributed by atoms with Gasteiger partial charge in [-0.05, 0) is 13.8 Å². The largest absolute Gasteiger partial charge is 0.361 e. The van der Waals surface area contributed by atoms with Crippen molar-refractivity contribution in [2.75, 3.05) is 0 Å². The van der Waals surface area contributed by atoms with E-state index in [1.807, 2.05) is 0 Å². The van der Waals surface area contributed by atoms with Crippen LogP contribution in [0.15, 0.2) is 20.3 Å². The highest BCUT2D eigenvalue weighted by atomic mass is 35.5. The summed E-state index contributed by atoms with van der Waals surface area (Å²) in [6.07, 6.45) is 1.30. The Hall–Kier alpha value is -1.82. The van der Waals surface area contributed by atoms with Crippen LogP contribution in [0.2, 0.25) is 5.02 Å². The van der Waals surface area contributed by atoms with Gasteiger partial charge in [-0.15, -0.1) is 0 Å². The molecule has 0 aliphatic carbocycles. The molecule has 7 heteroatoms. The summed E-state index contributed by atoms with van der Waals surface area (Å²) in [4.78, 5) is 24.8. The van der Waals surface area contributed by atoms with Gasteiger partial charge in [0.05, 0.1) is 12.2 Å². The third-order valence-corrected chi connectivity index (χ3v) is 2.75. The standard InChI is InChI=1S/C10H10ClN3O3/c1-5-7(6(2)17-13-5)3-14-4-8(11)9(15)12-10(14)16/h4H,3H2,1-2H3,(H,12,15,16). The number of aromatic amines is 1. The summed E-state index contributed by atoms with van der Waals surface area (Å²) in [6.45, 7) is 3.80. The molecule has 2 rings (SSSR count). The predicted molar refractivity (Wildman–Crippen MR) is 61.4 cm³/mol. The van der Waals surface area contributed by atoms with Crippen molar-refractivity contribution in [1.82, 2.24) is 14.7 Å². The van der Waals surface area contributed by atoms with Crippen molar-refractivity contribution >= 4 is 11.6 Å². The Morgan fingerprint density at radius 3 is 2.76 bits per heavy atom. The molecule has 0 amide bonds. The fourth-order valence-electron chi connectivity index (χ4n) is 1.50. The molecule has 1 N–H and O–H groups in total. The zero-order valence-corrected chi connectivity index (χ0v) is 10.0. The van der Waals surface area contributed by atoms with Crippen molar-refractivity contribution < 1.29 is 4.52 Å². The van der Waals surface area contributed by atoms with Crippen molar-refractivity contribution in [1.29, 1.82) is 0 Å². The van der Waals surface area contributed by atoms with Gasteiger partial charge in [0.2, 0.25) is 0 Å². The third kappa shape index (κ3) is 2.16. The highest BCUT2D eigenvalue weighted by Crippen LogP contribution is 2.13. The van der Waals surface area contributed by atoms with Crippen LogP contribution in [0.4, 0.5) is 0 Å². The van der Waals surface area contributed by atoms with Crippen LogP contribution >= 0.6 is 11.6 Å². The molecule has 0 atom stereocenters. The molecule has 2 aromatic rings. The highest BCUT2D eigenvalue weighted by Gasteiger charge is 2.11. The van der Waals surface area contributed by atoms with Crippen LogP contribution in [-0.2, 0) is 6.54 Å². The first kappa shape index (κ1) is 11.7. The van der Waals surface area contributed by atoms with E-state index in [1.54, 1.807) is 13.8 Å². The van der Waals surface area contributed by atoms with Crippen LogP contribution in [0.5, 0.6) is 0 Å². The Kier molecular flexibility index (Phi) is 2.89. The predicted octanol–water partition coefficient (Wildman–Crippen LogP) is 0.843. The van der Waals surface area contributed by atoms with Gasteiger partial charge in [-0.25, -0.2) is 4.79 Å². The van der Waals surface area contributed by atoms with E-state index < -0.39 is 11.2 Å². The number of hydrogen-bond acceptors (Lipinski definition) is 4. The molecule has 2 heterocycles. The molecule has 0 aliphatic rings. The van der Waals surface area contributed by atoms with Crippen LogP contribution in [-0.4, -0.2) is 14.7 Å². The van der Waals surface area contributed by atoms with E-state index in [0.29, 0.717) is 11.5 Å². The van der Waals surface area contributed by atoms with Crippen LogP contribution < -0.4 is 11.2 Å². The van der Waals surface area contributed by atoms with Crippen molar-refractivity contribution in [3.05, 3.63) is 49.1 Å². The van der Waals surface area contributed by atoms with Gasteiger partial charge in [-0.3, -0.25) is 14.3 Å². The number of hydrogen-bond donors (Lipinski definition) is 1. The SMILES string of the molecule is Cc1noc(C)c1Cn1cc(Cl)c(=O)[nH]c1=O. The number of H-pyrrole nitrogens is 1. The molecule has 0 bridgehead atoms. The average Bonchev–Trinajstić information content (AvgIpc) is 2.57. The van der Waals surface area contributed by atoms with Crippen LogP contribution in [0.1, 0.15) is 17.0 Å². The second-order valence-corrected chi connectivity index (χ2v) is 4.07. The second-order valence-electron chi connectivity index (χ2n) is 3.67. The molecule has 0 aliphatic heterocycles. The zero-order chi connectivity index (χ0) is 12.6. The minimum absolute atomic E-state index is 0.0311. The Balaban J connectivity index is 2.47. The van der Waals surface area contributed by atoms with Gasteiger partial charge in [0.1, 0.15) is 10.8 Å². The number of aromatic nitrogens is 3. The minimum atomic E-state index is -0.591. The van der Waals surface area contributed by atoms with E-state index in [9.17, 15) is 9.59 Å². The molecule has 0 spiro atoms. The van der Waals surface area contributed by atoms with Crippen molar-refractivity contribution in [3.63, 3.8) is 0 Å². The highest BCUT2D eigenvalue weighted by molar-refractivity contribution is 6.30. The van der Waals surface area contributed by atoms with Gasteiger partial charge in [0.15, 0.2) is 0 Å². The summed E-state index contributed by atoms with van der Waals surface area (Å²) in [6, 6.07) is 0. The first-order valence-corrected chi connectivity index (χ1v) is 5.28. The lowest BCUT2D eigenvalue weighted by atomic mass is 10.2. The number of aryl methyl sites for hydroxylation is 2. The molecule has 6 nitrogen and oxygen atoms in total. The Bertz CT molecular complexity index is 649. The lowest BCUT2D eigenvalue weighted by molar-refractivity contribution is 0.392. The Labute approximate surface area is 101 Å². The quantitative estimate of drug-likeness (QED) is 0.862. The van der Waals surface area contributed by atoms with Gasteiger partial charge in [0.25, 0.3) is 5.56 Å². The molecule has 0 radical (unpaired) electrons. The monoisotopic (exact) mass is 255 g/mol. The fraction of sp³-hybridized carbons (Fsp3) is 0.300. The lowest BCUT2D eigenvalue weighted by Crippen LogP contribution is -2.30. The Morgan fingerprint density at radius 1 is 1.47 bits per heavy atom. The summed E-state index contributed by atoms with van der Waals surface area (Å²) in [7, 11) is 0.